The van der Waals surface area contributed by atoms with Crippen LogP contribution in [0.2, 0.25) is 0 Å². The highest BCUT2D eigenvalue weighted by Gasteiger charge is 2.34. The molecular formula is C12H8F3NO4. The molecule has 0 aliphatic carbocycles. The summed E-state index contributed by atoms with van der Waals surface area (Å²) in [5.74, 6) is -1.80. The van der Waals surface area contributed by atoms with Crippen molar-refractivity contribution in [3.8, 4) is 5.75 Å². The van der Waals surface area contributed by atoms with Crippen LogP contribution in [0.5, 0.6) is 5.75 Å². The average molecular weight is 287 g/mol. The van der Waals surface area contributed by atoms with E-state index in [9.17, 15) is 18.0 Å². The van der Waals surface area contributed by atoms with Gasteiger partial charge in [0.1, 0.15) is 12.0 Å². The minimum Gasteiger partial charge on any atom is -0.483 e. The molecule has 0 spiro atoms. The molecule has 0 fully saturated rings. The number of aromatic nitrogens is 1. The van der Waals surface area contributed by atoms with Crippen molar-refractivity contribution in [1.29, 1.82) is 0 Å². The van der Waals surface area contributed by atoms with Gasteiger partial charge in [0.05, 0.1) is 5.56 Å². The highest BCUT2D eigenvalue weighted by molar-refractivity contribution is 5.84. The Morgan fingerprint density at radius 3 is 2.65 bits per heavy atom. The third-order valence-corrected chi connectivity index (χ3v) is 2.31. The zero-order chi connectivity index (χ0) is 14.8. The number of oxazole rings is 1. The lowest BCUT2D eigenvalue weighted by atomic mass is 10.2. The largest absolute Gasteiger partial charge is 0.483 e. The molecule has 1 aromatic carbocycles. The molecule has 1 N–H and O–H groups in total. The topological polar surface area (TPSA) is 72.6 Å². The molecule has 0 aliphatic heterocycles. The van der Waals surface area contributed by atoms with Gasteiger partial charge in [-0.3, -0.25) is 0 Å². The molecule has 0 unspecified atom stereocenters. The van der Waals surface area contributed by atoms with Gasteiger partial charge in [0.2, 0.25) is 5.89 Å². The van der Waals surface area contributed by atoms with Crippen molar-refractivity contribution < 1.29 is 32.2 Å². The van der Waals surface area contributed by atoms with Gasteiger partial charge in [-0.15, -0.1) is 0 Å². The Morgan fingerprint density at radius 1 is 1.35 bits per heavy atom. The second kappa shape index (κ2) is 5.24. The Balaban J connectivity index is 2.13. The Hall–Kier alpha value is -2.51. The average Bonchev–Trinajstić information content (AvgIpc) is 2.84. The molecule has 0 aliphatic rings. The lowest BCUT2D eigenvalue weighted by molar-refractivity contribution is -0.139. The van der Waals surface area contributed by atoms with E-state index in [1.165, 1.54) is 12.1 Å². The molecule has 2 rings (SSSR count). The fourth-order valence-corrected chi connectivity index (χ4v) is 1.44. The van der Waals surface area contributed by atoms with Crippen LogP contribution in [0.1, 0.15) is 21.9 Å². The number of alkyl halides is 3. The highest BCUT2D eigenvalue weighted by Crippen LogP contribution is 2.36. The lowest BCUT2D eigenvalue weighted by Crippen LogP contribution is -2.08. The summed E-state index contributed by atoms with van der Waals surface area (Å²) >= 11 is 0. The second-order valence-electron chi connectivity index (χ2n) is 3.71. The number of hydrogen-bond donors (Lipinski definition) is 1. The number of benzene rings is 1. The zero-order valence-corrected chi connectivity index (χ0v) is 9.85. The Kier molecular flexibility index (Phi) is 3.64. The zero-order valence-electron chi connectivity index (χ0n) is 9.85. The molecule has 0 amide bonds. The van der Waals surface area contributed by atoms with E-state index in [0.717, 1.165) is 18.4 Å². The van der Waals surface area contributed by atoms with Crippen molar-refractivity contribution in [3.63, 3.8) is 0 Å². The summed E-state index contributed by atoms with van der Waals surface area (Å²) in [6, 6.07) is 4.67. The fraction of sp³-hybridized carbons (Fsp3) is 0.167. The van der Waals surface area contributed by atoms with Crippen LogP contribution in [0.25, 0.3) is 0 Å². The summed E-state index contributed by atoms with van der Waals surface area (Å²) in [7, 11) is 0. The van der Waals surface area contributed by atoms with E-state index < -0.39 is 24.3 Å². The molecule has 8 heteroatoms. The molecule has 5 nitrogen and oxygen atoms in total. The Bertz CT molecular complexity index is 621. The van der Waals surface area contributed by atoms with E-state index in [1.54, 1.807) is 0 Å². The molecule has 0 radical (unpaired) electrons. The van der Waals surface area contributed by atoms with Gasteiger partial charge >= 0.3 is 12.1 Å². The first-order valence-electron chi connectivity index (χ1n) is 5.34. The van der Waals surface area contributed by atoms with Crippen LogP contribution >= 0.6 is 0 Å². The molecule has 1 heterocycles. The Labute approximate surface area is 110 Å². The van der Waals surface area contributed by atoms with Gasteiger partial charge in [-0.25, -0.2) is 9.78 Å². The molecule has 1 aromatic heterocycles. The quantitative estimate of drug-likeness (QED) is 0.935. The van der Waals surface area contributed by atoms with Gasteiger partial charge in [-0.2, -0.15) is 13.2 Å². The molecule has 0 atom stereocenters. The fourth-order valence-electron chi connectivity index (χ4n) is 1.44. The normalized spacial score (nSPS) is 11.3. The number of nitrogens with zero attached hydrogens (tertiary/aromatic N) is 1. The highest BCUT2D eigenvalue weighted by atomic mass is 19.4. The maximum Gasteiger partial charge on any atom is 0.419 e. The van der Waals surface area contributed by atoms with Crippen molar-refractivity contribution in [2.75, 3.05) is 0 Å². The Morgan fingerprint density at radius 2 is 2.05 bits per heavy atom. The van der Waals surface area contributed by atoms with Crippen molar-refractivity contribution in [1.82, 2.24) is 4.98 Å². The van der Waals surface area contributed by atoms with E-state index in [1.807, 2.05) is 0 Å². The number of para-hydroxylation sites is 1. The number of rotatable bonds is 4. The predicted molar refractivity (Wildman–Crippen MR) is 59.2 cm³/mol. The number of hydrogen-bond acceptors (Lipinski definition) is 4. The third kappa shape index (κ3) is 3.08. The summed E-state index contributed by atoms with van der Waals surface area (Å²) in [5, 5.41) is 8.62. The minimum absolute atomic E-state index is 0.126. The molecule has 0 bridgehead atoms. The van der Waals surface area contributed by atoms with E-state index in [4.69, 9.17) is 14.3 Å². The monoisotopic (exact) mass is 287 g/mol. The van der Waals surface area contributed by atoms with Gasteiger partial charge in [-0.1, -0.05) is 12.1 Å². The van der Waals surface area contributed by atoms with Crippen molar-refractivity contribution >= 4 is 5.97 Å². The molecule has 2 aromatic rings. The van der Waals surface area contributed by atoms with E-state index in [-0.39, 0.29) is 17.3 Å². The van der Waals surface area contributed by atoms with Crippen LogP contribution in [0.4, 0.5) is 13.2 Å². The summed E-state index contributed by atoms with van der Waals surface area (Å²) in [6.07, 6.45) is -3.66. The van der Waals surface area contributed by atoms with Gasteiger partial charge < -0.3 is 14.3 Å². The van der Waals surface area contributed by atoms with Gasteiger partial charge in [0, 0.05) is 0 Å². The first-order chi connectivity index (χ1) is 9.38. The van der Waals surface area contributed by atoms with Crippen LogP contribution in [0.15, 0.2) is 34.9 Å². The van der Waals surface area contributed by atoms with Crippen LogP contribution in [0, 0.1) is 0 Å². The van der Waals surface area contributed by atoms with Crippen molar-refractivity contribution in [3.05, 3.63) is 47.7 Å². The SMILES string of the molecule is O=C(O)c1coc(COc2ccccc2C(F)(F)F)n1. The van der Waals surface area contributed by atoms with Crippen molar-refractivity contribution in [2.45, 2.75) is 12.8 Å². The third-order valence-electron chi connectivity index (χ3n) is 2.31. The second-order valence-corrected chi connectivity index (χ2v) is 3.71. The number of aromatic carboxylic acids is 1. The van der Waals surface area contributed by atoms with Gasteiger partial charge in [0.15, 0.2) is 12.3 Å². The number of halogens is 3. The van der Waals surface area contributed by atoms with E-state index >= 15 is 0 Å². The summed E-state index contributed by atoms with van der Waals surface area (Å²) in [6.45, 7) is -0.402. The molecular weight excluding hydrogens is 279 g/mol. The molecule has 0 saturated carbocycles. The summed E-state index contributed by atoms with van der Waals surface area (Å²) < 4.78 is 47.8. The summed E-state index contributed by atoms with van der Waals surface area (Å²) in [5.41, 5.74) is -1.27. The lowest BCUT2D eigenvalue weighted by Gasteiger charge is -2.12. The first-order valence-corrected chi connectivity index (χ1v) is 5.34. The van der Waals surface area contributed by atoms with E-state index in [0.29, 0.717) is 0 Å². The van der Waals surface area contributed by atoms with Crippen LogP contribution in [0.3, 0.4) is 0 Å². The number of carbonyl (C=O) groups is 1. The van der Waals surface area contributed by atoms with Crippen LogP contribution < -0.4 is 4.74 Å². The van der Waals surface area contributed by atoms with Crippen LogP contribution in [-0.2, 0) is 12.8 Å². The number of carboxylic acid groups (broad SMARTS) is 1. The van der Waals surface area contributed by atoms with Gasteiger partial charge in [0.25, 0.3) is 0 Å². The van der Waals surface area contributed by atoms with Crippen LogP contribution in [-0.4, -0.2) is 16.1 Å². The number of ether oxygens (including phenoxy) is 1. The standard InChI is InChI=1S/C12H8F3NO4/c13-12(14,15)7-3-1-2-4-9(7)19-6-10-16-8(5-20-10)11(17)18/h1-5H,6H2,(H,17,18). The number of carboxylic acids is 1. The van der Waals surface area contributed by atoms with Crippen molar-refractivity contribution in [2.24, 2.45) is 0 Å². The predicted octanol–water partition coefficient (Wildman–Crippen LogP) is 2.97. The minimum atomic E-state index is -4.54. The van der Waals surface area contributed by atoms with Gasteiger partial charge in [-0.05, 0) is 12.1 Å². The maximum absolute atomic E-state index is 12.7. The smallest absolute Gasteiger partial charge is 0.419 e. The maximum atomic E-state index is 12.7. The first kappa shape index (κ1) is 13.9. The van der Waals surface area contributed by atoms with E-state index in [2.05, 4.69) is 4.98 Å². The molecule has 20 heavy (non-hydrogen) atoms. The molecule has 106 valence electrons. The molecule has 0 saturated heterocycles. The summed E-state index contributed by atoms with van der Waals surface area (Å²) in [4.78, 5) is 14.1.